The van der Waals surface area contributed by atoms with Gasteiger partial charge in [-0.1, -0.05) is 18.2 Å². The molecule has 0 N–H and O–H groups in total. The molecule has 1 aromatic heterocycles. The highest BCUT2D eigenvalue weighted by molar-refractivity contribution is 5.87. The topological polar surface area (TPSA) is 31.4 Å². The van der Waals surface area contributed by atoms with Gasteiger partial charge in [0.25, 0.3) is 0 Å². The predicted octanol–water partition coefficient (Wildman–Crippen LogP) is 2.39. The first-order valence-electron chi connectivity index (χ1n) is 4.09. The monoisotopic (exact) mass is 209 g/mol. The molecule has 0 fully saturated rings. The summed E-state index contributed by atoms with van der Waals surface area (Å²) in [7, 11) is 0. The molecular weight excluding hydrogens is 202 g/mol. The number of hydrogen-bond acceptors (Lipinski definition) is 3. The van der Waals surface area contributed by atoms with Crippen LogP contribution in [0.1, 0.15) is 0 Å². The number of benzene rings is 1. The Balaban J connectivity index is 0.000000750. The quantitative estimate of drug-likeness (QED) is 0.668. The van der Waals surface area contributed by atoms with Crippen molar-refractivity contribution in [2.24, 2.45) is 0 Å². The van der Waals surface area contributed by atoms with E-state index in [9.17, 15) is 0 Å². The first-order chi connectivity index (χ1) is 6.43. The summed E-state index contributed by atoms with van der Waals surface area (Å²) in [5.74, 6) is 1.30. The molecule has 0 amide bonds. The fraction of sp³-hybridized carbons (Fsp3) is 0.100. The van der Waals surface area contributed by atoms with Crippen molar-refractivity contribution >= 4 is 23.2 Å². The van der Waals surface area contributed by atoms with Crippen LogP contribution < -0.4 is 9.47 Å². The fourth-order valence-electron chi connectivity index (χ4n) is 1.47. The van der Waals surface area contributed by atoms with E-state index in [0.717, 1.165) is 10.8 Å². The van der Waals surface area contributed by atoms with E-state index >= 15 is 0 Å². The summed E-state index contributed by atoms with van der Waals surface area (Å²) in [6, 6.07) is 9.88. The Kier molecular flexibility index (Phi) is 2.17. The molecule has 3 rings (SSSR count). The molecule has 0 saturated carbocycles. The SMILES string of the molecule is Cl.c1ccc2c3nc(cc2c1)OCO3. The summed E-state index contributed by atoms with van der Waals surface area (Å²) < 4.78 is 10.4. The number of halogens is 1. The predicted molar refractivity (Wildman–Crippen MR) is 55.1 cm³/mol. The van der Waals surface area contributed by atoms with E-state index in [1.165, 1.54) is 0 Å². The van der Waals surface area contributed by atoms with Gasteiger partial charge in [-0.05, 0) is 11.5 Å². The van der Waals surface area contributed by atoms with E-state index in [-0.39, 0.29) is 19.2 Å². The number of ether oxygens (including phenoxy) is 2. The van der Waals surface area contributed by atoms with Crippen molar-refractivity contribution in [1.82, 2.24) is 4.98 Å². The smallest absolute Gasteiger partial charge is 0.234 e. The van der Waals surface area contributed by atoms with E-state index in [1.807, 2.05) is 30.3 Å². The maximum atomic E-state index is 5.26. The highest BCUT2D eigenvalue weighted by atomic mass is 35.5. The number of pyridine rings is 1. The van der Waals surface area contributed by atoms with E-state index < -0.39 is 0 Å². The molecule has 2 bridgehead atoms. The van der Waals surface area contributed by atoms with Gasteiger partial charge in [0.2, 0.25) is 18.6 Å². The van der Waals surface area contributed by atoms with Crippen molar-refractivity contribution in [2.75, 3.05) is 6.79 Å². The van der Waals surface area contributed by atoms with Crippen LogP contribution in [0.4, 0.5) is 0 Å². The minimum Gasteiger partial charge on any atom is -0.440 e. The summed E-state index contributed by atoms with van der Waals surface area (Å²) in [6.45, 7) is 0.263. The molecule has 2 heterocycles. The van der Waals surface area contributed by atoms with Crippen LogP contribution in [0.25, 0.3) is 10.8 Å². The Morgan fingerprint density at radius 1 is 1.14 bits per heavy atom. The van der Waals surface area contributed by atoms with Crippen molar-refractivity contribution in [3.63, 3.8) is 0 Å². The molecule has 0 saturated heterocycles. The van der Waals surface area contributed by atoms with Gasteiger partial charge in [-0.15, -0.1) is 12.4 Å². The molecule has 0 aliphatic carbocycles. The van der Waals surface area contributed by atoms with Gasteiger partial charge in [0.15, 0.2) is 0 Å². The lowest BCUT2D eigenvalue weighted by Gasteiger charge is -2.15. The summed E-state index contributed by atoms with van der Waals surface area (Å²) in [6.07, 6.45) is 0. The average Bonchev–Trinajstić information content (AvgIpc) is 2.18. The fourth-order valence-corrected chi connectivity index (χ4v) is 1.47. The summed E-state index contributed by atoms with van der Waals surface area (Å²) >= 11 is 0. The van der Waals surface area contributed by atoms with Crippen molar-refractivity contribution in [1.29, 1.82) is 0 Å². The standard InChI is InChI=1S/C10H7NO2.ClH/c1-2-4-8-7(3-1)5-9-11-10(8)13-6-12-9;/h1-5H,6H2;1H. The Labute approximate surface area is 87.1 Å². The maximum absolute atomic E-state index is 5.26. The van der Waals surface area contributed by atoms with Crippen LogP contribution in [0.2, 0.25) is 0 Å². The van der Waals surface area contributed by atoms with Crippen LogP contribution in [0.3, 0.4) is 0 Å². The lowest BCUT2D eigenvalue weighted by atomic mass is 10.2. The third-order valence-corrected chi connectivity index (χ3v) is 2.08. The Hall–Kier alpha value is -1.48. The molecule has 1 aliphatic heterocycles. The average molecular weight is 210 g/mol. The van der Waals surface area contributed by atoms with Gasteiger partial charge in [-0.25, -0.2) is 0 Å². The minimum absolute atomic E-state index is 0. The molecule has 0 unspecified atom stereocenters. The van der Waals surface area contributed by atoms with Crippen molar-refractivity contribution in [3.05, 3.63) is 30.3 Å². The number of aromatic nitrogens is 1. The molecular formula is C10H8ClNO2. The zero-order chi connectivity index (χ0) is 8.67. The van der Waals surface area contributed by atoms with E-state index in [2.05, 4.69) is 4.98 Å². The first-order valence-corrected chi connectivity index (χ1v) is 4.09. The Morgan fingerprint density at radius 2 is 2.00 bits per heavy atom. The van der Waals surface area contributed by atoms with Crippen molar-refractivity contribution in [2.45, 2.75) is 0 Å². The third kappa shape index (κ3) is 1.26. The third-order valence-electron chi connectivity index (χ3n) is 2.08. The highest BCUT2D eigenvalue weighted by Crippen LogP contribution is 2.29. The lowest BCUT2D eigenvalue weighted by molar-refractivity contribution is 0.0906. The van der Waals surface area contributed by atoms with Gasteiger partial charge in [0.05, 0.1) is 0 Å². The summed E-state index contributed by atoms with van der Waals surface area (Å²) in [5.41, 5.74) is 0. The normalized spacial score (nSPS) is 12.6. The second-order valence-corrected chi connectivity index (χ2v) is 2.89. The van der Waals surface area contributed by atoms with E-state index in [1.54, 1.807) is 0 Å². The van der Waals surface area contributed by atoms with Crippen LogP contribution in [-0.4, -0.2) is 11.8 Å². The molecule has 0 atom stereocenters. The van der Waals surface area contributed by atoms with Gasteiger partial charge in [-0.2, -0.15) is 4.98 Å². The van der Waals surface area contributed by atoms with E-state index in [4.69, 9.17) is 9.47 Å². The first kappa shape index (κ1) is 9.09. The number of hydrogen-bond donors (Lipinski definition) is 0. The van der Waals surface area contributed by atoms with Crippen LogP contribution in [-0.2, 0) is 0 Å². The number of rotatable bonds is 0. The molecule has 1 aromatic carbocycles. The van der Waals surface area contributed by atoms with Crippen molar-refractivity contribution in [3.8, 4) is 11.8 Å². The number of fused-ring (bicyclic) bond motifs is 4. The van der Waals surface area contributed by atoms with Crippen LogP contribution in [0.15, 0.2) is 30.3 Å². The maximum Gasteiger partial charge on any atom is 0.234 e. The van der Waals surface area contributed by atoms with Gasteiger partial charge < -0.3 is 9.47 Å². The summed E-state index contributed by atoms with van der Waals surface area (Å²) in [5, 5.41) is 2.14. The Bertz CT molecular complexity index is 473. The largest absolute Gasteiger partial charge is 0.440 e. The van der Waals surface area contributed by atoms with Gasteiger partial charge in [0, 0.05) is 11.5 Å². The van der Waals surface area contributed by atoms with Gasteiger partial charge in [-0.3, -0.25) is 0 Å². The lowest BCUT2D eigenvalue weighted by Crippen LogP contribution is -2.13. The molecule has 4 heteroatoms. The molecule has 2 aromatic rings. The highest BCUT2D eigenvalue weighted by Gasteiger charge is 2.11. The summed E-state index contributed by atoms with van der Waals surface area (Å²) in [4.78, 5) is 4.16. The minimum atomic E-state index is 0. The number of nitrogens with zero attached hydrogens (tertiary/aromatic N) is 1. The second kappa shape index (κ2) is 3.35. The van der Waals surface area contributed by atoms with Crippen molar-refractivity contribution < 1.29 is 9.47 Å². The van der Waals surface area contributed by atoms with Crippen LogP contribution >= 0.6 is 12.4 Å². The molecule has 14 heavy (non-hydrogen) atoms. The van der Waals surface area contributed by atoms with E-state index in [0.29, 0.717) is 11.8 Å². The van der Waals surface area contributed by atoms with Crippen LogP contribution in [0, 0.1) is 0 Å². The molecule has 0 spiro atoms. The van der Waals surface area contributed by atoms with Gasteiger partial charge in [0.1, 0.15) is 0 Å². The molecule has 3 nitrogen and oxygen atoms in total. The zero-order valence-electron chi connectivity index (χ0n) is 7.27. The van der Waals surface area contributed by atoms with Gasteiger partial charge >= 0.3 is 0 Å². The molecule has 0 radical (unpaired) electrons. The second-order valence-electron chi connectivity index (χ2n) is 2.89. The zero-order valence-corrected chi connectivity index (χ0v) is 8.08. The Morgan fingerprint density at radius 3 is 2.93 bits per heavy atom. The molecule has 1 aliphatic rings. The molecule has 72 valence electrons. The van der Waals surface area contributed by atoms with Crippen LogP contribution in [0.5, 0.6) is 11.8 Å².